The number of carbonyl (C=O) groups excluding carboxylic acids is 1. The number of amides is 2. The first-order valence-corrected chi connectivity index (χ1v) is 7.21. The Kier molecular flexibility index (Phi) is 5.74. The van der Waals surface area contributed by atoms with Gasteiger partial charge < -0.3 is 20.3 Å². The summed E-state index contributed by atoms with van der Waals surface area (Å²) in [6.45, 7) is 4.92. The van der Waals surface area contributed by atoms with Crippen molar-refractivity contribution in [2.45, 2.75) is 38.2 Å². The maximum Gasteiger partial charge on any atom is 0.317 e. The minimum atomic E-state index is 0.0651. The fraction of sp³-hybridized carbons (Fsp3) is 0.923. The molecule has 2 rings (SSSR count). The highest BCUT2D eigenvalue weighted by atomic mass is 16.5. The van der Waals surface area contributed by atoms with Crippen LogP contribution in [0.15, 0.2) is 0 Å². The van der Waals surface area contributed by atoms with Crippen LogP contribution in [0, 0.1) is 0 Å². The Hall–Kier alpha value is -0.810. The van der Waals surface area contributed by atoms with Gasteiger partial charge in [0.25, 0.3) is 0 Å². The van der Waals surface area contributed by atoms with Crippen molar-refractivity contribution in [1.29, 1.82) is 0 Å². The maximum atomic E-state index is 11.3. The molecule has 2 amide bonds. The van der Waals surface area contributed by atoms with Crippen LogP contribution >= 0.6 is 0 Å². The van der Waals surface area contributed by atoms with Crippen LogP contribution in [0.5, 0.6) is 0 Å². The highest BCUT2D eigenvalue weighted by Gasteiger charge is 2.18. The lowest BCUT2D eigenvalue weighted by molar-refractivity contribution is 0.0303. The van der Waals surface area contributed by atoms with Crippen molar-refractivity contribution in [3.63, 3.8) is 0 Å². The molecule has 1 heterocycles. The summed E-state index contributed by atoms with van der Waals surface area (Å²) in [7, 11) is 0. The van der Waals surface area contributed by atoms with Gasteiger partial charge in [0.05, 0.1) is 12.7 Å². The van der Waals surface area contributed by atoms with E-state index in [-0.39, 0.29) is 6.03 Å². The summed E-state index contributed by atoms with van der Waals surface area (Å²) in [6.07, 6.45) is 6.97. The van der Waals surface area contributed by atoms with Crippen molar-refractivity contribution < 1.29 is 9.53 Å². The highest BCUT2D eigenvalue weighted by Crippen LogP contribution is 2.19. The molecule has 2 N–H and O–H groups in total. The van der Waals surface area contributed by atoms with Crippen LogP contribution < -0.4 is 10.6 Å². The van der Waals surface area contributed by atoms with E-state index in [0.717, 1.165) is 39.3 Å². The second-order valence-electron chi connectivity index (χ2n) is 5.10. The SMILES string of the molecule is O=C1NCCN1CCNCCOC1CCCCC1. The molecular formula is C13H25N3O2. The molecule has 5 heteroatoms. The van der Waals surface area contributed by atoms with E-state index in [1.165, 1.54) is 32.1 Å². The van der Waals surface area contributed by atoms with Crippen LogP contribution in [0.25, 0.3) is 0 Å². The zero-order valence-electron chi connectivity index (χ0n) is 11.1. The molecule has 1 aliphatic heterocycles. The summed E-state index contributed by atoms with van der Waals surface area (Å²) in [5.41, 5.74) is 0. The summed E-state index contributed by atoms with van der Waals surface area (Å²) in [5, 5.41) is 6.12. The fourth-order valence-electron chi connectivity index (χ4n) is 2.59. The standard InChI is InChI=1S/C13H25N3O2/c17-13-15-7-10-16(13)9-6-14-8-11-18-12-4-2-1-3-5-12/h12,14H,1-11H2,(H,15,17). The lowest BCUT2D eigenvalue weighted by Gasteiger charge is -2.22. The maximum absolute atomic E-state index is 11.3. The van der Waals surface area contributed by atoms with Gasteiger partial charge in [-0.2, -0.15) is 0 Å². The molecule has 0 aromatic carbocycles. The quantitative estimate of drug-likeness (QED) is 0.666. The first kappa shape index (κ1) is 13.6. The Morgan fingerprint density at radius 2 is 2.11 bits per heavy atom. The first-order valence-electron chi connectivity index (χ1n) is 7.21. The van der Waals surface area contributed by atoms with Crippen LogP contribution in [0.3, 0.4) is 0 Å². The Morgan fingerprint density at radius 3 is 2.83 bits per heavy atom. The van der Waals surface area contributed by atoms with Crippen LogP contribution in [-0.2, 0) is 4.74 Å². The van der Waals surface area contributed by atoms with E-state index in [9.17, 15) is 4.79 Å². The van der Waals surface area contributed by atoms with Gasteiger partial charge in [0.1, 0.15) is 0 Å². The van der Waals surface area contributed by atoms with Crippen molar-refractivity contribution >= 4 is 6.03 Å². The van der Waals surface area contributed by atoms with Crippen molar-refractivity contribution in [3.8, 4) is 0 Å². The molecule has 2 aliphatic rings. The average molecular weight is 255 g/mol. The fourth-order valence-corrected chi connectivity index (χ4v) is 2.59. The highest BCUT2D eigenvalue weighted by molar-refractivity contribution is 5.76. The van der Waals surface area contributed by atoms with Gasteiger partial charge in [0.2, 0.25) is 0 Å². The van der Waals surface area contributed by atoms with Gasteiger partial charge in [-0.1, -0.05) is 19.3 Å². The normalized spacial score (nSPS) is 21.3. The van der Waals surface area contributed by atoms with E-state index in [1.54, 1.807) is 0 Å². The molecule has 0 unspecified atom stereocenters. The van der Waals surface area contributed by atoms with E-state index in [4.69, 9.17) is 4.74 Å². The van der Waals surface area contributed by atoms with Gasteiger partial charge >= 0.3 is 6.03 Å². The molecule has 0 atom stereocenters. The molecule has 0 radical (unpaired) electrons. The number of carbonyl (C=O) groups is 1. The molecule has 5 nitrogen and oxygen atoms in total. The number of hydrogen-bond acceptors (Lipinski definition) is 3. The first-order chi connectivity index (χ1) is 8.86. The lowest BCUT2D eigenvalue weighted by Crippen LogP contribution is -2.35. The molecule has 0 aromatic rings. The van der Waals surface area contributed by atoms with Gasteiger partial charge in [-0.05, 0) is 12.8 Å². The molecule has 0 bridgehead atoms. The largest absolute Gasteiger partial charge is 0.377 e. The number of nitrogens with zero attached hydrogens (tertiary/aromatic N) is 1. The molecule has 0 spiro atoms. The smallest absolute Gasteiger partial charge is 0.317 e. The summed E-state index contributed by atoms with van der Waals surface area (Å²) < 4.78 is 5.82. The molecule has 1 aliphatic carbocycles. The van der Waals surface area contributed by atoms with Crippen molar-refractivity contribution in [2.75, 3.05) is 39.3 Å². The molecule has 2 fully saturated rings. The summed E-state index contributed by atoms with van der Waals surface area (Å²) in [4.78, 5) is 13.1. The topological polar surface area (TPSA) is 53.6 Å². The van der Waals surface area contributed by atoms with Crippen LogP contribution in [0.1, 0.15) is 32.1 Å². The summed E-state index contributed by atoms with van der Waals surface area (Å²) >= 11 is 0. The van der Waals surface area contributed by atoms with E-state index >= 15 is 0 Å². The van der Waals surface area contributed by atoms with E-state index in [2.05, 4.69) is 10.6 Å². The predicted molar refractivity (Wildman–Crippen MR) is 70.7 cm³/mol. The van der Waals surface area contributed by atoms with Crippen LogP contribution in [0.4, 0.5) is 4.79 Å². The number of rotatable bonds is 7. The molecular weight excluding hydrogens is 230 g/mol. The number of urea groups is 1. The number of nitrogens with one attached hydrogen (secondary N) is 2. The molecule has 0 aromatic heterocycles. The van der Waals surface area contributed by atoms with Gasteiger partial charge in [-0.25, -0.2) is 4.79 Å². The average Bonchev–Trinajstić information content (AvgIpc) is 2.81. The van der Waals surface area contributed by atoms with Crippen molar-refractivity contribution in [1.82, 2.24) is 15.5 Å². The minimum absolute atomic E-state index is 0.0651. The molecule has 18 heavy (non-hydrogen) atoms. The summed E-state index contributed by atoms with van der Waals surface area (Å²) in [6, 6.07) is 0.0651. The molecule has 1 saturated heterocycles. The number of hydrogen-bond donors (Lipinski definition) is 2. The van der Waals surface area contributed by atoms with Gasteiger partial charge in [0, 0.05) is 32.7 Å². The third-order valence-electron chi connectivity index (χ3n) is 3.69. The zero-order valence-corrected chi connectivity index (χ0v) is 11.1. The summed E-state index contributed by atoms with van der Waals surface area (Å²) in [5.74, 6) is 0. The monoisotopic (exact) mass is 255 g/mol. The van der Waals surface area contributed by atoms with Gasteiger partial charge in [-0.3, -0.25) is 0 Å². The van der Waals surface area contributed by atoms with E-state index in [0.29, 0.717) is 6.10 Å². The molecule has 1 saturated carbocycles. The van der Waals surface area contributed by atoms with E-state index < -0.39 is 0 Å². The minimum Gasteiger partial charge on any atom is -0.377 e. The zero-order chi connectivity index (χ0) is 12.6. The Balaban J connectivity index is 1.42. The Bertz CT molecular complexity index is 255. The van der Waals surface area contributed by atoms with Gasteiger partial charge in [0.15, 0.2) is 0 Å². The van der Waals surface area contributed by atoms with Crippen LogP contribution in [-0.4, -0.2) is 56.4 Å². The second-order valence-corrected chi connectivity index (χ2v) is 5.10. The Labute approximate surface area is 109 Å². The molecule has 104 valence electrons. The second kappa shape index (κ2) is 7.59. The van der Waals surface area contributed by atoms with Gasteiger partial charge in [-0.15, -0.1) is 0 Å². The lowest BCUT2D eigenvalue weighted by atomic mass is 9.98. The number of ether oxygens (including phenoxy) is 1. The van der Waals surface area contributed by atoms with E-state index in [1.807, 2.05) is 4.90 Å². The predicted octanol–water partition coefficient (Wildman–Crippen LogP) is 0.950. The van der Waals surface area contributed by atoms with Crippen LogP contribution in [0.2, 0.25) is 0 Å². The third-order valence-corrected chi connectivity index (χ3v) is 3.69. The third kappa shape index (κ3) is 4.46. The Morgan fingerprint density at radius 1 is 1.28 bits per heavy atom. The van der Waals surface area contributed by atoms with Crippen molar-refractivity contribution in [2.24, 2.45) is 0 Å². The van der Waals surface area contributed by atoms with Crippen molar-refractivity contribution in [3.05, 3.63) is 0 Å².